The fourth-order valence-corrected chi connectivity index (χ4v) is 2.71. The van der Waals surface area contributed by atoms with Crippen molar-refractivity contribution in [3.05, 3.63) is 58.2 Å². The minimum absolute atomic E-state index is 0.295. The van der Waals surface area contributed by atoms with E-state index in [0.717, 1.165) is 15.4 Å². The molecular formula is C16H14BrN3O2. The molecule has 22 heavy (non-hydrogen) atoms. The minimum atomic E-state index is -0.295. The lowest BCUT2D eigenvalue weighted by Gasteiger charge is -2.09. The predicted octanol–water partition coefficient (Wildman–Crippen LogP) is 4.22. The molecule has 0 unspecified atom stereocenters. The van der Waals surface area contributed by atoms with Gasteiger partial charge in [0.05, 0.1) is 12.2 Å². The second-order valence-corrected chi connectivity index (χ2v) is 5.77. The normalized spacial score (nSPS) is 10.6. The minimum Gasteiger partial charge on any atom is -0.356 e. The Morgan fingerprint density at radius 2 is 2.09 bits per heavy atom. The molecule has 2 aromatic carbocycles. The first kappa shape index (κ1) is 14.6. The summed E-state index contributed by atoms with van der Waals surface area (Å²) in [5.74, 6) is 0. The van der Waals surface area contributed by atoms with E-state index >= 15 is 0 Å². The zero-order valence-corrected chi connectivity index (χ0v) is 13.5. The number of halogens is 1. The third-order valence-electron chi connectivity index (χ3n) is 3.24. The van der Waals surface area contributed by atoms with Gasteiger partial charge < -0.3 is 15.2 Å². The summed E-state index contributed by atoms with van der Waals surface area (Å²) in [4.78, 5) is 12.0. The number of hydrogen-bond acceptors (Lipinski definition) is 3. The van der Waals surface area contributed by atoms with Crippen LogP contribution in [-0.2, 0) is 6.54 Å². The molecule has 0 aliphatic heterocycles. The molecule has 0 saturated carbocycles. The first-order valence-corrected chi connectivity index (χ1v) is 7.57. The van der Waals surface area contributed by atoms with Crippen LogP contribution in [0, 0.1) is 6.92 Å². The third-order valence-corrected chi connectivity index (χ3v) is 3.90. The second kappa shape index (κ2) is 6.19. The fourth-order valence-electron chi connectivity index (χ4n) is 2.12. The van der Waals surface area contributed by atoms with Crippen LogP contribution in [0.5, 0.6) is 0 Å². The van der Waals surface area contributed by atoms with E-state index in [1.54, 1.807) is 0 Å². The number of amides is 2. The van der Waals surface area contributed by atoms with E-state index in [4.69, 9.17) is 4.52 Å². The smallest absolute Gasteiger partial charge is 0.319 e. The maximum absolute atomic E-state index is 12.0. The van der Waals surface area contributed by atoms with Crippen LogP contribution in [0.4, 0.5) is 10.5 Å². The molecule has 0 fully saturated rings. The Morgan fingerprint density at radius 1 is 1.27 bits per heavy atom. The van der Waals surface area contributed by atoms with Crippen molar-refractivity contribution in [1.82, 2.24) is 10.5 Å². The summed E-state index contributed by atoms with van der Waals surface area (Å²) in [6.45, 7) is 2.29. The largest absolute Gasteiger partial charge is 0.356 e. The highest BCUT2D eigenvalue weighted by atomic mass is 79.9. The van der Waals surface area contributed by atoms with Crippen LogP contribution in [0.2, 0.25) is 0 Å². The quantitative estimate of drug-likeness (QED) is 0.735. The van der Waals surface area contributed by atoms with Gasteiger partial charge in [-0.1, -0.05) is 23.4 Å². The number of para-hydroxylation sites is 1. The van der Waals surface area contributed by atoms with Crippen molar-refractivity contribution in [3.63, 3.8) is 0 Å². The molecule has 0 aliphatic carbocycles. The van der Waals surface area contributed by atoms with Crippen LogP contribution in [0.25, 0.3) is 11.0 Å². The van der Waals surface area contributed by atoms with Crippen molar-refractivity contribution in [2.75, 3.05) is 5.32 Å². The molecule has 0 aliphatic rings. The van der Waals surface area contributed by atoms with Crippen molar-refractivity contribution in [2.24, 2.45) is 0 Å². The number of hydrogen-bond donors (Lipinski definition) is 2. The van der Waals surface area contributed by atoms with Crippen LogP contribution in [0.15, 0.2) is 51.5 Å². The molecule has 0 saturated heterocycles. The predicted molar refractivity (Wildman–Crippen MR) is 88.7 cm³/mol. The number of carbonyl (C=O) groups is 1. The number of benzene rings is 2. The Morgan fingerprint density at radius 3 is 2.91 bits per heavy atom. The molecule has 5 nitrogen and oxygen atoms in total. The van der Waals surface area contributed by atoms with E-state index in [0.29, 0.717) is 23.5 Å². The zero-order valence-electron chi connectivity index (χ0n) is 11.9. The van der Waals surface area contributed by atoms with Crippen molar-refractivity contribution >= 4 is 38.6 Å². The Hall–Kier alpha value is -2.34. The lowest BCUT2D eigenvalue weighted by Crippen LogP contribution is -2.28. The van der Waals surface area contributed by atoms with E-state index in [9.17, 15) is 4.79 Å². The highest BCUT2D eigenvalue weighted by Crippen LogP contribution is 2.23. The molecule has 1 heterocycles. The van der Waals surface area contributed by atoms with Crippen LogP contribution in [0.1, 0.15) is 11.3 Å². The molecule has 0 radical (unpaired) electrons. The Labute approximate surface area is 135 Å². The molecule has 112 valence electrons. The molecular weight excluding hydrogens is 346 g/mol. The number of carbonyl (C=O) groups excluding carboxylic acids is 1. The molecule has 3 rings (SSSR count). The van der Waals surface area contributed by atoms with Crippen molar-refractivity contribution in [3.8, 4) is 0 Å². The highest BCUT2D eigenvalue weighted by Gasteiger charge is 2.10. The van der Waals surface area contributed by atoms with Crippen molar-refractivity contribution in [2.45, 2.75) is 13.5 Å². The summed E-state index contributed by atoms with van der Waals surface area (Å²) in [7, 11) is 0. The lowest BCUT2D eigenvalue weighted by atomic mass is 10.2. The summed E-state index contributed by atoms with van der Waals surface area (Å²) in [5, 5.41) is 10.4. The molecule has 1 aromatic heterocycles. The standard InChI is InChI=1S/C16H14BrN3O2/c1-10-6-7-13(12(17)8-10)19-16(21)18-9-14-11-4-2-3-5-15(11)22-20-14/h2-8H,9H2,1H3,(H2,18,19,21). The summed E-state index contributed by atoms with van der Waals surface area (Å²) < 4.78 is 6.04. The van der Waals surface area contributed by atoms with Gasteiger partial charge in [-0.05, 0) is 52.7 Å². The molecule has 2 N–H and O–H groups in total. The van der Waals surface area contributed by atoms with Crippen molar-refractivity contribution < 1.29 is 9.32 Å². The van der Waals surface area contributed by atoms with Gasteiger partial charge in [-0.3, -0.25) is 0 Å². The van der Waals surface area contributed by atoms with E-state index in [2.05, 4.69) is 31.7 Å². The third kappa shape index (κ3) is 3.12. The van der Waals surface area contributed by atoms with Gasteiger partial charge >= 0.3 is 6.03 Å². The average molecular weight is 360 g/mol. The summed E-state index contributed by atoms with van der Waals surface area (Å²) in [6, 6.07) is 13.0. The molecule has 0 atom stereocenters. The number of aryl methyl sites for hydroxylation is 1. The number of rotatable bonds is 3. The molecule has 6 heteroatoms. The van der Waals surface area contributed by atoms with Gasteiger partial charge in [0, 0.05) is 9.86 Å². The first-order valence-electron chi connectivity index (χ1n) is 6.78. The average Bonchev–Trinajstić information content (AvgIpc) is 2.91. The molecule has 0 spiro atoms. The molecule has 3 aromatic rings. The summed E-state index contributed by atoms with van der Waals surface area (Å²) in [6.07, 6.45) is 0. The Bertz CT molecular complexity index is 829. The molecule has 0 bridgehead atoms. The number of anilines is 1. The maximum atomic E-state index is 12.0. The van der Waals surface area contributed by atoms with Crippen molar-refractivity contribution in [1.29, 1.82) is 0 Å². The van der Waals surface area contributed by atoms with Crippen LogP contribution >= 0.6 is 15.9 Å². The SMILES string of the molecule is Cc1ccc(NC(=O)NCc2noc3ccccc23)c(Br)c1. The van der Waals surface area contributed by atoms with Crippen LogP contribution in [-0.4, -0.2) is 11.2 Å². The van der Waals surface area contributed by atoms with E-state index in [-0.39, 0.29) is 6.03 Å². The van der Waals surface area contributed by atoms with Crippen LogP contribution < -0.4 is 10.6 Å². The Kier molecular flexibility index (Phi) is 4.11. The van der Waals surface area contributed by atoms with Gasteiger partial charge in [0.25, 0.3) is 0 Å². The summed E-state index contributed by atoms with van der Waals surface area (Å²) in [5.41, 5.74) is 3.25. The van der Waals surface area contributed by atoms with Gasteiger partial charge in [0.1, 0.15) is 5.69 Å². The number of nitrogens with one attached hydrogen (secondary N) is 2. The van der Waals surface area contributed by atoms with E-state index in [1.165, 1.54) is 0 Å². The van der Waals surface area contributed by atoms with E-state index in [1.807, 2.05) is 49.4 Å². The lowest BCUT2D eigenvalue weighted by molar-refractivity contribution is 0.251. The number of aromatic nitrogens is 1. The second-order valence-electron chi connectivity index (χ2n) is 4.92. The monoisotopic (exact) mass is 359 g/mol. The van der Waals surface area contributed by atoms with Crippen LogP contribution in [0.3, 0.4) is 0 Å². The number of fused-ring (bicyclic) bond motifs is 1. The van der Waals surface area contributed by atoms with E-state index < -0.39 is 0 Å². The zero-order chi connectivity index (χ0) is 15.5. The van der Waals surface area contributed by atoms with Gasteiger partial charge in [-0.15, -0.1) is 0 Å². The Balaban J connectivity index is 1.65. The summed E-state index contributed by atoms with van der Waals surface area (Å²) >= 11 is 3.43. The topological polar surface area (TPSA) is 67.2 Å². The van der Waals surface area contributed by atoms with Gasteiger partial charge in [-0.25, -0.2) is 4.79 Å². The van der Waals surface area contributed by atoms with Gasteiger partial charge in [0.2, 0.25) is 0 Å². The number of nitrogens with zero attached hydrogens (tertiary/aromatic N) is 1. The fraction of sp³-hybridized carbons (Fsp3) is 0.125. The maximum Gasteiger partial charge on any atom is 0.319 e. The first-order chi connectivity index (χ1) is 10.6. The highest BCUT2D eigenvalue weighted by molar-refractivity contribution is 9.10. The van der Waals surface area contributed by atoms with Gasteiger partial charge in [0.15, 0.2) is 5.58 Å². The molecule has 2 amide bonds. The number of urea groups is 1. The van der Waals surface area contributed by atoms with Gasteiger partial charge in [-0.2, -0.15) is 0 Å².